The molecule has 0 spiro atoms. The van der Waals surface area contributed by atoms with Crippen LogP contribution >= 0.6 is 0 Å². The van der Waals surface area contributed by atoms with Gasteiger partial charge >= 0.3 is 6.09 Å². The van der Waals surface area contributed by atoms with Gasteiger partial charge in [-0.25, -0.2) is 4.79 Å². The highest BCUT2D eigenvalue weighted by atomic mass is 16.6. The Labute approximate surface area is 138 Å². The van der Waals surface area contributed by atoms with Crippen molar-refractivity contribution >= 4 is 6.09 Å². The second kappa shape index (κ2) is 6.91. The summed E-state index contributed by atoms with van der Waals surface area (Å²) in [5.41, 5.74) is 1.68. The molecule has 2 atom stereocenters. The fourth-order valence-electron chi connectivity index (χ4n) is 2.95. The molecule has 0 saturated carbocycles. The second-order valence-electron chi connectivity index (χ2n) is 7.49. The molecule has 1 aromatic heterocycles. The number of aryl methyl sites for hydroxylation is 2. The zero-order chi connectivity index (χ0) is 17.2. The maximum Gasteiger partial charge on any atom is 0.410 e. The van der Waals surface area contributed by atoms with Crippen molar-refractivity contribution in [2.45, 2.75) is 72.1 Å². The number of aromatic nitrogens is 1. The Morgan fingerprint density at radius 3 is 2.74 bits per heavy atom. The minimum atomic E-state index is -0.445. The van der Waals surface area contributed by atoms with E-state index in [1.54, 1.807) is 4.90 Å². The Morgan fingerprint density at radius 1 is 1.48 bits per heavy atom. The number of nitrogens with one attached hydrogen (secondary N) is 1. The van der Waals surface area contributed by atoms with Crippen molar-refractivity contribution in [2.24, 2.45) is 0 Å². The lowest BCUT2D eigenvalue weighted by Gasteiger charge is -2.25. The predicted octanol–water partition coefficient (Wildman–Crippen LogP) is 2.82. The zero-order valence-electron chi connectivity index (χ0n) is 15.1. The first kappa shape index (κ1) is 17.8. The summed E-state index contributed by atoms with van der Waals surface area (Å²) < 4.78 is 10.6. The molecule has 1 saturated heterocycles. The lowest BCUT2D eigenvalue weighted by Crippen LogP contribution is -2.41. The molecule has 2 rings (SSSR count). The van der Waals surface area contributed by atoms with Crippen LogP contribution in [0.3, 0.4) is 0 Å². The number of likely N-dealkylation sites (tertiary alicyclic amines) is 1. The second-order valence-corrected chi connectivity index (χ2v) is 7.49. The fraction of sp³-hybridized carbons (Fsp3) is 0.765. The van der Waals surface area contributed by atoms with E-state index in [2.05, 4.69) is 17.4 Å². The number of hydrogen-bond donors (Lipinski definition) is 1. The van der Waals surface area contributed by atoms with Crippen LogP contribution in [0.25, 0.3) is 0 Å². The smallest absolute Gasteiger partial charge is 0.410 e. The summed E-state index contributed by atoms with van der Waals surface area (Å²) in [4.78, 5) is 13.9. The summed E-state index contributed by atoms with van der Waals surface area (Å²) in [6.07, 6.45) is 1.61. The van der Waals surface area contributed by atoms with Gasteiger partial charge in [0.05, 0.1) is 5.69 Å². The first-order valence-corrected chi connectivity index (χ1v) is 8.31. The third kappa shape index (κ3) is 4.96. The van der Waals surface area contributed by atoms with Gasteiger partial charge in [0.2, 0.25) is 0 Å². The molecule has 1 aromatic rings. The number of carbonyl (C=O) groups is 1. The van der Waals surface area contributed by atoms with Crippen molar-refractivity contribution in [1.82, 2.24) is 15.4 Å². The minimum absolute atomic E-state index is 0.222. The molecular weight excluding hydrogens is 294 g/mol. The van der Waals surface area contributed by atoms with E-state index >= 15 is 0 Å². The van der Waals surface area contributed by atoms with Crippen LogP contribution in [0, 0.1) is 13.8 Å². The Kier molecular flexibility index (Phi) is 5.34. The molecule has 2 heterocycles. The van der Waals surface area contributed by atoms with E-state index in [0.29, 0.717) is 18.6 Å². The molecule has 1 aliphatic heterocycles. The van der Waals surface area contributed by atoms with Crippen LogP contribution < -0.4 is 5.32 Å². The topological polar surface area (TPSA) is 67.6 Å². The third-order valence-electron chi connectivity index (χ3n) is 4.05. The zero-order valence-corrected chi connectivity index (χ0v) is 15.1. The lowest BCUT2D eigenvalue weighted by atomic mass is 10.0. The highest BCUT2D eigenvalue weighted by Gasteiger charge is 2.30. The van der Waals surface area contributed by atoms with E-state index in [9.17, 15) is 4.79 Å². The molecule has 0 radical (unpaired) electrons. The predicted molar refractivity (Wildman–Crippen MR) is 88.5 cm³/mol. The van der Waals surface area contributed by atoms with Gasteiger partial charge < -0.3 is 19.5 Å². The van der Waals surface area contributed by atoms with Crippen molar-refractivity contribution < 1.29 is 14.1 Å². The average molecular weight is 323 g/mol. The molecule has 130 valence electrons. The van der Waals surface area contributed by atoms with Crippen molar-refractivity contribution in [3.05, 3.63) is 17.0 Å². The van der Waals surface area contributed by atoms with E-state index in [-0.39, 0.29) is 6.09 Å². The number of hydrogen-bond acceptors (Lipinski definition) is 5. The first-order valence-electron chi connectivity index (χ1n) is 8.31. The van der Waals surface area contributed by atoms with Gasteiger partial charge in [0, 0.05) is 30.7 Å². The maximum atomic E-state index is 12.1. The molecule has 1 amide bonds. The lowest BCUT2D eigenvalue weighted by molar-refractivity contribution is 0.0290. The SMILES string of the molecule is Cc1noc(C)c1C[C@H](C)N[C@H]1CCN(C(=O)OC(C)(C)C)C1. The molecule has 0 unspecified atom stereocenters. The van der Waals surface area contributed by atoms with Crippen LogP contribution in [0.5, 0.6) is 0 Å². The van der Waals surface area contributed by atoms with Crippen LogP contribution in [0.1, 0.15) is 51.1 Å². The van der Waals surface area contributed by atoms with Crippen LogP contribution in [0.4, 0.5) is 4.79 Å². The van der Waals surface area contributed by atoms with Gasteiger partial charge in [-0.1, -0.05) is 5.16 Å². The number of amides is 1. The fourth-order valence-corrected chi connectivity index (χ4v) is 2.95. The first-order chi connectivity index (χ1) is 10.7. The van der Waals surface area contributed by atoms with Crippen molar-refractivity contribution in [2.75, 3.05) is 13.1 Å². The number of nitrogens with zero attached hydrogens (tertiary/aromatic N) is 2. The molecule has 6 nitrogen and oxygen atoms in total. The van der Waals surface area contributed by atoms with Gasteiger partial charge in [-0.15, -0.1) is 0 Å². The molecule has 0 aliphatic carbocycles. The quantitative estimate of drug-likeness (QED) is 0.923. The highest BCUT2D eigenvalue weighted by molar-refractivity contribution is 5.68. The summed E-state index contributed by atoms with van der Waals surface area (Å²) in [5, 5.41) is 7.60. The van der Waals surface area contributed by atoms with Crippen molar-refractivity contribution in [3.8, 4) is 0 Å². The molecule has 23 heavy (non-hydrogen) atoms. The highest BCUT2D eigenvalue weighted by Crippen LogP contribution is 2.18. The van der Waals surface area contributed by atoms with Crippen LogP contribution in [0.2, 0.25) is 0 Å². The largest absolute Gasteiger partial charge is 0.444 e. The molecular formula is C17H29N3O3. The van der Waals surface area contributed by atoms with Gasteiger partial charge in [-0.05, 0) is 54.4 Å². The van der Waals surface area contributed by atoms with Gasteiger partial charge in [0.1, 0.15) is 11.4 Å². The Bertz CT molecular complexity index is 528. The van der Waals surface area contributed by atoms with Gasteiger partial charge in [0.15, 0.2) is 0 Å². The van der Waals surface area contributed by atoms with Crippen LogP contribution in [0.15, 0.2) is 4.52 Å². The van der Waals surface area contributed by atoms with Gasteiger partial charge in [0.25, 0.3) is 0 Å². The summed E-state index contributed by atoms with van der Waals surface area (Å²) in [6.45, 7) is 13.2. The Balaban J connectivity index is 1.82. The molecule has 6 heteroatoms. The van der Waals surface area contributed by atoms with E-state index < -0.39 is 5.60 Å². The van der Waals surface area contributed by atoms with Crippen LogP contribution in [-0.2, 0) is 11.2 Å². The average Bonchev–Trinajstić information content (AvgIpc) is 2.99. The minimum Gasteiger partial charge on any atom is -0.444 e. The number of rotatable bonds is 4. The Hall–Kier alpha value is -1.56. The molecule has 1 fully saturated rings. The molecule has 0 bridgehead atoms. The summed E-state index contributed by atoms with van der Waals surface area (Å²) in [7, 11) is 0. The Morgan fingerprint density at radius 2 is 2.17 bits per heavy atom. The normalized spacial score (nSPS) is 19.9. The standard InChI is InChI=1S/C17H29N3O3/c1-11(9-15-12(2)19-23-13(15)3)18-14-7-8-20(10-14)16(21)22-17(4,5)6/h11,14,18H,7-10H2,1-6H3/t11-,14-/m0/s1. The van der Waals surface area contributed by atoms with E-state index in [0.717, 1.165) is 30.8 Å². The van der Waals surface area contributed by atoms with Crippen molar-refractivity contribution in [3.63, 3.8) is 0 Å². The molecule has 1 N–H and O–H groups in total. The summed E-state index contributed by atoms with van der Waals surface area (Å²) >= 11 is 0. The van der Waals surface area contributed by atoms with Gasteiger partial charge in [-0.2, -0.15) is 0 Å². The molecule has 0 aromatic carbocycles. The summed E-state index contributed by atoms with van der Waals surface area (Å²) in [5.74, 6) is 0.887. The van der Waals surface area contributed by atoms with Crippen LogP contribution in [-0.4, -0.2) is 46.9 Å². The summed E-state index contributed by atoms with van der Waals surface area (Å²) in [6, 6.07) is 0.605. The molecule has 1 aliphatic rings. The van der Waals surface area contributed by atoms with Gasteiger partial charge in [-0.3, -0.25) is 0 Å². The maximum absolute atomic E-state index is 12.1. The van der Waals surface area contributed by atoms with Crippen molar-refractivity contribution in [1.29, 1.82) is 0 Å². The number of ether oxygens (including phenoxy) is 1. The van der Waals surface area contributed by atoms with E-state index in [4.69, 9.17) is 9.26 Å². The van der Waals surface area contributed by atoms with E-state index in [1.165, 1.54) is 5.56 Å². The third-order valence-corrected chi connectivity index (χ3v) is 4.05. The van der Waals surface area contributed by atoms with E-state index in [1.807, 2.05) is 34.6 Å². The number of carbonyl (C=O) groups excluding carboxylic acids is 1. The monoisotopic (exact) mass is 323 g/mol.